The summed E-state index contributed by atoms with van der Waals surface area (Å²) in [4.78, 5) is 0. The number of nitrogens with one attached hydrogen (secondary N) is 1. The van der Waals surface area contributed by atoms with E-state index in [1.165, 1.54) is 0 Å². The van der Waals surface area contributed by atoms with E-state index in [0.717, 1.165) is 23.5 Å². The lowest BCUT2D eigenvalue weighted by Crippen LogP contribution is -2.18. The zero-order chi connectivity index (χ0) is 14.2. The lowest BCUT2D eigenvalue weighted by Gasteiger charge is -2.03. The maximum absolute atomic E-state index is 5.13. The van der Waals surface area contributed by atoms with Crippen LogP contribution in [0.5, 0.6) is 0 Å². The van der Waals surface area contributed by atoms with Gasteiger partial charge in [0.2, 0.25) is 0 Å². The standard InChI is InChI=1S/C14H20N4O2/c1-19-7-6-15-9-13-10-18(17-16-13)14-5-3-4-12(8-14)11-20-2/h3-5,8,10,15H,6-7,9,11H2,1-2H3. The Labute approximate surface area is 118 Å². The SMILES string of the molecule is COCCNCc1cn(-c2cccc(COC)c2)nn1. The predicted molar refractivity (Wildman–Crippen MR) is 75.7 cm³/mol. The molecule has 6 nitrogen and oxygen atoms in total. The van der Waals surface area contributed by atoms with Crippen molar-refractivity contribution in [2.75, 3.05) is 27.4 Å². The number of hydrogen-bond donors (Lipinski definition) is 1. The summed E-state index contributed by atoms with van der Waals surface area (Å²) in [7, 11) is 3.37. The molecule has 1 aromatic carbocycles. The molecule has 0 atom stereocenters. The molecule has 0 aliphatic heterocycles. The van der Waals surface area contributed by atoms with Crippen molar-refractivity contribution in [3.05, 3.63) is 41.7 Å². The summed E-state index contributed by atoms with van der Waals surface area (Å²) in [5.74, 6) is 0. The van der Waals surface area contributed by atoms with Gasteiger partial charge in [0.05, 0.1) is 30.8 Å². The number of nitrogens with zero attached hydrogens (tertiary/aromatic N) is 3. The lowest BCUT2D eigenvalue weighted by atomic mass is 10.2. The number of methoxy groups -OCH3 is 2. The summed E-state index contributed by atoms with van der Waals surface area (Å²) in [6.45, 7) is 2.76. The first-order valence-electron chi connectivity index (χ1n) is 6.52. The van der Waals surface area contributed by atoms with Crippen LogP contribution in [0.3, 0.4) is 0 Å². The Bertz CT molecular complexity index is 527. The van der Waals surface area contributed by atoms with Gasteiger partial charge in [0.1, 0.15) is 0 Å². The van der Waals surface area contributed by atoms with Crippen molar-refractivity contribution in [3.8, 4) is 5.69 Å². The Balaban J connectivity index is 1.99. The van der Waals surface area contributed by atoms with Gasteiger partial charge in [0, 0.05) is 27.3 Å². The summed E-state index contributed by atoms with van der Waals surface area (Å²) >= 11 is 0. The highest BCUT2D eigenvalue weighted by atomic mass is 16.5. The minimum absolute atomic E-state index is 0.591. The van der Waals surface area contributed by atoms with E-state index in [9.17, 15) is 0 Å². The molecule has 0 saturated heterocycles. The minimum Gasteiger partial charge on any atom is -0.383 e. The van der Waals surface area contributed by atoms with Crippen LogP contribution < -0.4 is 5.32 Å². The average molecular weight is 276 g/mol. The number of hydrogen-bond acceptors (Lipinski definition) is 5. The van der Waals surface area contributed by atoms with Crippen LogP contribution in [0, 0.1) is 0 Å². The molecule has 0 fully saturated rings. The van der Waals surface area contributed by atoms with Gasteiger partial charge in [-0.15, -0.1) is 5.10 Å². The molecule has 0 radical (unpaired) electrons. The molecule has 2 aromatic rings. The number of rotatable bonds is 8. The molecule has 0 aliphatic carbocycles. The molecular weight excluding hydrogens is 256 g/mol. The average Bonchev–Trinajstić information content (AvgIpc) is 2.93. The molecule has 108 valence electrons. The molecular formula is C14H20N4O2. The van der Waals surface area contributed by atoms with Gasteiger partial charge in [0.25, 0.3) is 0 Å². The van der Waals surface area contributed by atoms with Gasteiger partial charge >= 0.3 is 0 Å². The summed E-state index contributed by atoms with van der Waals surface area (Å²) < 4.78 is 11.9. The van der Waals surface area contributed by atoms with E-state index in [0.29, 0.717) is 19.8 Å². The van der Waals surface area contributed by atoms with Crippen LogP contribution in [0.4, 0.5) is 0 Å². The molecule has 0 spiro atoms. The molecule has 0 bridgehead atoms. The van der Waals surface area contributed by atoms with Crippen LogP contribution in [0.2, 0.25) is 0 Å². The van der Waals surface area contributed by atoms with Gasteiger partial charge < -0.3 is 14.8 Å². The molecule has 0 aliphatic rings. The minimum atomic E-state index is 0.591. The third kappa shape index (κ3) is 4.12. The molecule has 20 heavy (non-hydrogen) atoms. The third-order valence-corrected chi connectivity index (χ3v) is 2.82. The Morgan fingerprint density at radius 3 is 2.95 bits per heavy atom. The smallest absolute Gasteiger partial charge is 0.0969 e. The third-order valence-electron chi connectivity index (χ3n) is 2.82. The topological polar surface area (TPSA) is 61.2 Å². The predicted octanol–water partition coefficient (Wildman–Crippen LogP) is 1.15. The second kappa shape index (κ2) is 7.74. The highest BCUT2D eigenvalue weighted by molar-refractivity contribution is 5.34. The largest absolute Gasteiger partial charge is 0.383 e. The molecule has 0 saturated carbocycles. The highest BCUT2D eigenvalue weighted by Crippen LogP contribution is 2.10. The first-order valence-corrected chi connectivity index (χ1v) is 6.52. The van der Waals surface area contributed by atoms with Crippen molar-refractivity contribution < 1.29 is 9.47 Å². The van der Waals surface area contributed by atoms with Crippen LogP contribution in [-0.2, 0) is 22.6 Å². The molecule has 2 rings (SSSR count). The maximum atomic E-state index is 5.13. The van der Waals surface area contributed by atoms with Crippen LogP contribution >= 0.6 is 0 Å². The Morgan fingerprint density at radius 1 is 1.25 bits per heavy atom. The molecule has 6 heteroatoms. The Morgan fingerprint density at radius 2 is 2.15 bits per heavy atom. The summed E-state index contributed by atoms with van der Waals surface area (Å²) in [5, 5.41) is 11.5. The zero-order valence-electron chi connectivity index (χ0n) is 11.9. The lowest BCUT2D eigenvalue weighted by molar-refractivity contribution is 0.185. The van der Waals surface area contributed by atoms with Crippen LogP contribution in [0.1, 0.15) is 11.3 Å². The van der Waals surface area contributed by atoms with Crippen LogP contribution in [0.25, 0.3) is 5.69 Å². The first-order chi connectivity index (χ1) is 9.83. The van der Waals surface area contributed by atoms with E-state index in [1.54, 1.807) is 18.9 Å². The number of ether oxygens (including phenoxy) is 2. The van der Waals surface area contributed by atoms with Crippen molar-refractivity contribution in [1.82, 2.24) is 20.3 Å². The molecule has 1 N–H and O–H groups in total. The Hall–Kier alpha value is -1.76. The van der Waals surface area contributed by atoms with Crippen LogP contribution in [-0.4, -0.2) is 42.4 Å². The van der Waals surface area contributed by atoms with Crippen molar-refractivity contribution >= 4 is 0 Å². The normalized spacial score (nSPS) is 10.9. The van der Waals surface area contributed by atoms with Crippen LogP contribution in [0.15, 0.2) is 30.5 Å². The van der Waals surface area contributed by atoms with E-state index in [4.69, 9.17) is 9.47 Å². The van der Waals surface area contributed by atoms with E-state index in [2.05, 4.69) is 15.6 Å². The first kappa shape index (κ1) is 14.6. The van der Waals surface area contributed by atoms with Gasteiger partial charge in [-0.05, 0) is 17.7 Å². The highest BCUT2D eigenvalue weighted by Gasteiger charge is 2.03. The quantitative estimate of drug-likeness (QED) is 0.733. The zero-order valence-corrected chi connectivity index (χ0v) is 11.9. The number of benzene rings is 1. The van der Waals surface area contributed by atoms with Gasteiger partial charge in [-0.2, -0.15) is 0 Å². The monoisotopic (exact) mass is 276 g/mol. The summed E-state index contributed by atoms with van der Waals surface area (Å²) in [6, 6.07) is 8.05. The fourth-order valence-corrected chi connectivity index (χ4v) is 1.85. The molecule has 1 heterocycles. The van der Waals surface area contributed by atoms with Crippen molar-refractivity contribution in [2.45, 2.75) is 13.2 Å². The fraction of sp³-hybridized carbons (Fsp3) is 0.429. The van der Waals surface area contributed by atoms with Gasteiger partial charge in [-0.3, -0.25) is 0 Å². The molecule has 0 unspecified atom stereocenters. The second-order valence-corrected chi connectivity index (χ2v) is 4.43. The maximum Gasteiger partial charge on any atom is 0.0969 e. The van der Waals surface area contributed by atoms with E-state index in [1.807, 2.05) is 30.5 Å². The van der Waals surface area contributed by atoms with E-state index < -0.39 is 0 Å². The van der Waals surface area contributed by atoms with Gasteiger partial charge in [-0.25, -0.2) is 4.68 Å². The van der Waals surface area contributed by atoms with E-state index in [-0.39, 0.29) is 0 Å². The molecule has 0 amide bonds. The Kier molecular flexibility index (Phi) is 5.67. The molecule has 1 aromatic heterocycles. The second-order valence-electron chi connectivity index (χ2n) is 4.43. The fourth-order valence-electron chi connectivity index (χ4n) is 1.85. The van der Waals surface area contributed by atoms with Gasteiger partial charge in [-0.1, -0.05) is 17.3 Å². The number of aromatic nitrogens is 3. The summed E-state index contributed by atoms with van der Waals surface area (Å²) in [5.41, 5.74) is 2.99. The van der Waals surface area contributed by atoms with Crippen molar-refractivity contribution in [1.29, 1.82) is 0 Å². The van der Waals surface area contributed by atoms with Gasteiger partial charge in [0.15, 0.2) is 0 Å². The summed E-state index contributed by atoms with van der Waals surface area (Å²) in [6.07, 6.45) is 1.92. The van der Waals surface area contributed by atoms with E-state index >= 15 is 0 Å². The van der Waals surface area contributed by atoms with Crippen molar-refractivity contribution in [2.24, 2.45) is 0 Å². The van der Waals surface area contributed by atoms with Crippen molar-refractivity contribution in [3.63, 3.8) is 0 Å².